The van der Waals surface area contributed by atoms with Crippen LogP contribution in [0.1, 0.15) is 43.9 Å². The Morgan fingerprint density at radius 1 is 1.39 bits per heavy atom. The van der Waals surface area contributed by atoms with E-state index in [1.807, 2.05) is 11.3 Å². The molecule has 1 fully saturated rings. The molecular weight excluding hydrogens is 242 g/mol. The summed E-state index contributed by atoms with van der Waals surface area (Å²) in [6, 6.07) is 5.15. The molecule has 1 aromatic rings. The fourth-order valence-corrected chi connectivity index (χ4v) is 3.31. The molecule has 0 aliphatic carbocycles. The zero-order valence-electron chi connectivity index (χ0n) is 12.0. The van der Waals surface area contributed by atoms with Gasteiger partial charge in [-0.1, -0.05) is 27.7 Å². The predicted molar refractivity (Wildman–Crippen MR) is 78.2 cm³/mol. The lowest BCUT2D eigenvalue weighted by Gasteiger charge is -2.29. The number of rotatable bonds is 3. The second kappa shape index (κ2) is 5.72. The van der Waals surface area contributed by atoms with Gasteiger partial charge in [0.25, 0.3) is 0 Å². The van der Waals surface area contributed by atoms with Crippen LogP contribution in [0, 0.1) is 5.92 Å². The van der Waals surface area contributed by atoms with Gasteiger partial charge in [-0.2, -0.15) is 0 Å². The van der Waals surface area contributed by atoms with Crippen molar-refractivity contribution < 1.29 is 4.74 Å². The smallest absolute Gasteiger partial charge is 0.0506 e. The van der Waals surface area contributed by atoms with Crippen molar-refractivity contribution in [2.24, 2.45) is 5.92 Å². The fourth-order valence-electron chi connectivity index (χ4n) is 2.29. The monoisotopic (exact) mass is 267 g/mol. The Morgan fingerprint density at radius 3 is 2.78 bits per heavy atom. The standard InChI is InChI=1S/C15H25NOS/c1-11-10-17-8-7-13(11)16-9-12-5-6-14(18-12)15(2,3)4/h5-6,11,13,16H,7-10H2,1-4H3. The van der Waals surface area contributed by atoms with Gasteiger partial charge in [-0.3, -0.25) is 0 Å². The second-order valence-corrected chi connectivity index (χ2v) is 7.51. The highest BCUT2D eigenvalue weighted by atomic mass is 32.1. The van der Waals surface area contributed by atoms with E-state index in [-0.39, 0.29) is 5.41 Å². The molecule has 18 heavy (non-hydrogen) atoms. The van der Waals surface area contributed by atoms with Crippen LogP contribution < -0.4 is 5.32 Å². The summed E-state index contributed by atoms with van der Waals surface area (Å²) in [6.45, 7) is 11.9. The third kappa shape index (κ3) is 3.56. The van der Waals surface area contributed by atoms with Crippen molar-refractivity contribution in [1.29, 1.82) is 0 Å². The normalized spacial score (nSPS) is 25.3. The van der Waals surface area contributed by atoms with E-state index >= 15 is 0 Å². The fraction of sp³-hybridized carbons (Fsp3) is 0.733. The molecule has 2 rings (SSSR count). The lowest BCUT2D eigenvalue weighted by atomic mass is 9.95. The minimum Gasteiger partial charge on any atom is -0.381 e. The van der Waals surface area contributed by atoms with Gasteiger partial charge in [0.15, 0.2) is 0 Å². The minimum atomic E-state index is 0.273. The number of thiophene rings is 1. The maximum absolute atomic E-state index is 5.48. The number of hydrogen-bond donors (Lipinski definition) is 1. The van der Waals surface area contributed by atoms with E-state index in [1.54, 1.807) is 0 Å². The molecule has 0 spiro atoms. The molecule has 1 N–H and O–H groups in total. The average Bonchev–Trinajstić information content (AvgIpc) is 2.76. The summed E-state index contributed by atoms with van der Waals surface area (Å²) in [5.41, 5.74) is 0.273. The largest absolute Gasteiger partial charge is 0.381 e. The first-order valence-corrected chi connectivity index (χ1v) is 7.69. The summed E-state index contributed by atoms with van der Waals surface area (Å²) in [4.78, 5) is 2.91. The molecule has 2 heterocycles. The highest BCUT2D eigenvalue weighted by Crippen LogP contribution is 2.29. The van der Waals surface area contributed by atoms with Gasteiger partial charge in [0.2, 0.25) is 0 Å². The van der Waals surface area contributed by atoms with Crippen molar-refractivity contribution in [2.45, 2.75) is 52.1 Å². The van der Waals surface area contributed by atoms with Crippen molar-refractivity contribution in [3.63, 3.8) is 0 Å². The van der Waals surface area contributed by atoms with Gasteiger partial charge in [0.1, 0.15) is 0 Å². The summed E-state index contributed by atoms with van der Waals surface area (Å²) in [5, 5.41) is 3.68. The minimum absolute atomic E-state index is 0.273. The van der Waals surface area contributed by atoms with E-state index in [4.69, 9.17) is 4.74 Å². The molecule has 3 heteroatoms. The van der Waals surface area contributed by atoms with Crippen LogP contribution in [0.3, 0.4) is 0 Å². The molecule has 1 saturated heterocycles. The number of ether oxygens (including phenoxy) is 1. The van der Waals surface area contributed by atoms with Crippen LogP contribution in [0.25, 0.3) is 0 Å². The highest BCUT2D eigenvalue weighted by molar-refractivity contribution is 7.12. The van der Waals surface area contributed by atoms with E-state index in [2.05, 4.69) is 45.1 Å². The molecule has 1 aliphatic rings. The molecule has 0 amide bonds. The first-order chi connectivity index (χ1) is 8.47. The predicted octanol–water partition coefficient (Wildman–Crippen LogP) is 3.56. The summed E-state index contributed by atoms with van der Waals surface area (Å²) < 4.78 is 5.48. The van der Waals surface area contributed by atoms with E-state index in [0.29, 0.717) is 12.0 Å². The van der Waals surface area contributed by atoms with Gasteiger partial charge in [-0.05, 0) is 29.9 Å². The van der Waals surface area contributed by atoms with Gasteiger partial charge in [-0.15, -0.1) is 11.3 Å². The first-order valence-electron chi connectivity index (χ1n) is 6.87. The Labute approximate surface area is 115 Å². The average molecular weight is 267 g/mol. The van der Waals surface area contributed by atoms with Crippen molar-refractivity contribution in [3.05, 3.63) is 21.9 Å². The van der Waals surface area contributed by atoms with Crippen LogP contribution in [0.15, 0.2) is 12.1 Å². The Bertz CT molecular complexity index is 380. The van der Waals surface area contributed by atoms with E-state index < -0.39 is 0 Å². The Hall–Kier alpha value is -0.380. The lowest BCUT2D eigenvalue weighted by molar-refractivity contribution is 0.0387. The van der Waals surface area contributed by atoms with Crippen molar-refractivity contribution in [1.82, 2.24) is 5.32 Å². The van der Waals surface area contributed by atoms with Crippen LogP contribution in [-0.4, -0.2) is 19.3 Å². The molecule has 0 saturated carbocycles. The van der Waals surface area contributed by atoms with Crippen LogP contribution in [-0.2, 0) is 16.7 Å². The molecule has 0 aromatic carbocycles. The third-order valence-corrected chi connectivity index (χ3v) is 5.09. The number of nitrogens with one attached hydrogen (secondary N) is 1. The zero-order valence-corrected chi connectivity index (χ0v) is 12.8. The first kappa shape index (κ1) is 14.0. The SMILES string of the molecule is CC1COCCC1NCc1ccc(C(C)(C)C)s1. The lowest BCUT2D eigenvalue weighted by Crippen LogP contribution is -2.40. The molecule has 102 valence electrons. The maximum Gasteiger partial charge on any atom is 0.0506 e. The van der Waals surface area contributed by atoms with E-state index in [0.717, 1.165) is 26.2 Å². The van der Waals surface area contributed by atoms with Crippen LogP contribution >= 0.6 is 11.3 Å². The molecule has 0 radical (unpaired) electrons. The molecule has 2 unspecified atom stereocenters. The van der Waals surface area contributed by atoms with Crippen LogP contribution in [0.2, 0.25) is 0 Å². The van der Waals surface area contributed by atoms with Crippen molar-refractivity contribution >= 4 is 11.3 Å². The van der Waals surface area contributed by atoms with Gasteiger partial charge >= 0.3 is 0 Å². The summed E-state index contributed by atoms with van der Waals surface area (Å²) in [7, 11) is 0. The number of hydrogen-bond acceptors (Lipinski definition) is 3. The van der Waals surface area contributed by atoms with E-state index in [9.17, 15) is 0 Å². The molecule has 2 atom stereocenters. The zero-order chi connectivity index (χ0) is 13.2. The molecule has 1 aliphatic heterocycles. The third-order valence-electron chi connectivity index (χ3n) is 3.58. The van der Waals surface area contributed by atoms with Crippen LogP contribution in [0.4, 0.5) is 0 Å². The molecule has 2 nitrogen and oxygen atoms in total. The summed E-state index contributed by atoms with van der Waals surface area (Å²) in [5.74, 6) is 0.626. The maximum atomic E-state index is 5.48. The Balaban J connectivity index is 1.88. The van der Waals surface area contributed by atoms with E-state index in [1.165, 1.54) is 9.75 Å². The van der Waals surface area contributed by atoms with Gasteiger partial charge in [-0.25, -0.2) is 0 Å². The van der Waals surface area contributed by atoms with Crippen molar-refractivity contribution in [3.8, 4) is 0 Å². The van der Waals surface area contributed by atoms with Gasteiger partial charge in [0, 0.05) is 28.9 Å². The Morgan fingerprint density at radius 2 is 2.17 bits per heavy atom. The molecular formula is C15H25NOS. The summed E-state index contributed by atoms with van der Waals surface area (Å²) >= 11 is 1.94. The molecule has 0 bridgehead atoms. The molecule has 1 aromatic heterocycles. The highest BCUT2D eigenvalue weighted by Gasteiger charge is 2.21. The topological polar surface area (TPSA) is 21.3 Å². The second-order valence-electron chi connectivity index (χ2n) is 6.34. The van der Waals surface area contributed by atoms with Crippen LogP contribution in [0.5, 0.6) is 0 Å². The van der Waals surface area contributed by atoms with Crippen molar-refractivity contribution in [2.75, 3.05) is 13.2 Å². The van der Waals surface area contributed by atoms with Gasteiger partial charge in [0.05, 0.1) is 6.61 Å². The quantitative estimate of drug-likeness (QED) is 0.904. The Kier molecular flexibility index (Phi) is 4.46. The van der Waals surface area contributed by atoms with Gasteiger partial charge < -0.3 is 10.1 Å². The summed E-state index contributed by atoms with van der Waals surface area (Å²) in [6.07, 6.45) is 1.14.